The van der Waals surface area contributed by atoms with E-state index in [1.807, 2.05) is 12.2 Å². The Morgan fingerprint density at radius 1 is 1.38 bits per heavy atom. The van der Waals surface area contributed by atoms with Gasteiger partial charge < -0.3 is 19.3 Å². The van der Waals surface area contributed by atoms with Crippen molar-refractivity contribution < 1.29 is 37.7 Å². The summed E-state index contributed by atoms with van der Waals surface area (Å²) >= 11 is 0. The fourth-order valence-corrected chi connectivity index (χ4v) is 5.05. The molecule has 0 amide bonds. The van der Waals surface area contributed by atoms with Crippen LogP contribution in [0.15, 0.2) is 36.0 Å². The monoisotopic (exact) mass is 454 g/mol. The molecular weight excluding hydrogens is 422 g/mol. The van der Waals surface area contributed by atoms with E-state index < -0.39 is 23.7 Å². The first kappa shape index (κ1) is 24.7. The maximum Gasteiger partial charge on any atom is 0.305 e. The third kappa shape index (κ3) is 5.71. The number of carbonyl (C=O) groups is 2. The van der Waals surface area contributed by atoms with Crippen LogP contribution in [0.2, 0.25) is 0 Å². The number of esters is 1. The van der Waals surface area contributed by atoms with Crippen LogP contribution >= 0.6 is 0 Å². The van der Waals surface area contributed by atoms with Gasteiger partial charge in [-0.1, -0.05) is 29.9 Å². The van der Waals surface area contributed by atoms with Gasteiger partial charge in [-0.15, -0.1) is 0 Å². The molecule has 1 aliphatic heterocycles. The lowest BCUT2D eigenvalue weighted by Gasteiger charge is -2.38. The highest BCUT2D eigenvalue weighted by Crippen LogP contribution is 2.56. The number of ether oxygens (including phenoxy) is 3. The van der Waals surface area contributed by atoms with Gasteiger partial charge in [0, 0.05) is 18.4 Å². The Kier molecular flexibility index (Phi) is 8.73. The molecule has 0 radical (unpaired) electrons. The summed E-state index contributed by atoms with van der Waals surface area (Å²) < 4.78 is 42.2. The minimum Gasteiger partial charge on any atom is -0.469 e. The molecule has 0 bridgehead atoms. The second-order valence-corrected chi connectivity index (χ2v) is 8.70. The molecule has 0 aromatic heterocycles. The largest absolute Gasteiger partial charge is 0.469 e. The van der Waals surface area contributed by atoms with E-state index in [1.54, 1.807) is 0 Å². The summed E-state index contributed by atoms with van der Waals surface area (Å²) in [7, 11) is 1.35. The number of fused-ring (bicyclic) bond motifs is 1. The summed E-state index contributed by atoms with van der Waals surface area (Å²) in [4.78, 5) is 22.9. The Bertz CT molecular complexity index is 756. The molecule has 0 aromatic rings. The summed E-state index contributed by atoms with van der Waals surface area (Å²) in [5, 5.41) is 10.4. The molecule has 0 spiro atoms. The molecule has 1 unspecified atom stereocenters. The molecule has 178 valence electrons. The van der Waals surface area contributed by atoms with Crippen LogP contribution in [0.5, 0.6) is 0 Å². The van der Waals surface area contributed by atoms with Gasteiger partial charge in [0.05, 0.1) is 19.8 Å². The first-order valence-electron chi connectivity index (χ1n) is 11.2. The van der Waals surface area contributed by atoms with Gasteiger partial charge in [-0.3, -0.25) is 9.59 Å². The van der Waals surface area contributed by atoms with Crippen LogP contribution in [-0.2, 0) is 23.8 Å². The van der Waals surface area contributed by atoms with Crippen LogP contribution in [0.4, 0.5) is 8.78 Å². The average molecular weight is 455 g/mol. The van der Waals surface area contributed by atoms with Crippen molar-refractivity contribution in [3.05, 3.63) is 36.0 Å². The van der Waals surface area contributed by atoms with E-state index in [1.165, 1.54) is 13.2 Å². The number of aliphatic hydroxyl groups excluding tert-OH is 1. The molecule has 2 fully saturated rings. The molecule has 3 rings (SSSR count). The summed E-state index contributed by atoms with van der Waals surface area (Å²) in [5.74, 6) is -1.54. The first-order valence-corrected chi connectivity index (χ1v) is 11.2. The fourth-order valence-electron chi connectivity index (χ4n) is 5.05. The van der Waals surface area contributed by atoms with Crippen molar-refractivity contribution in [3.63, 3.8) is 0 Å². The topological polar surface area (TPSA) is 82.1 Å². The number of rotatable bonds is 10. The number of carbonyl (C=O) groups excluding carboxylic acids is 2. The van der Waals surface area contributed by atoms with Crippen molar-refractivity contribution in [2.24, 2.45) is 17.3 Å². The predicted molar refractivity (Wildman–Crippen MR) is 113 cm³/mol. The number of hydrogen-bond donors (Lipinski definition) is 1. The molecule has 1 N–H and O–H groups in total. The van der Waals surface area contributed by atoms with Gasteiger partial charge in [-0.05, 0) is 56.4 Å². The number of hydrogen-bond acceptors (Lipinski definition) is 6. The Balaban J connectivity index is 1.76. The number of halogens is 2. The van der Waals surface area contributed by atoms with Crippen LogP contribution in [0.1, 0.15) is 44.9 Å². The van der Waals surface area contributed by atoms with Crippen LogP contribution < -0.4 is 0 Å². The Labute approximate surface area is 187 Å². The minimum atomic E-state index is -3.09. The van der Waals surface area contributed by atoms with Crippen molar-refractivity contribution in [3.8, 4) is 0 Å². The van der Waals surface area contributed by atoms with E-state index in [0.717, 1.165) is 30.9 Å². The van der Waals surface area contributed by atoms with Gasteiger partial charge >= 0.3 is 5.97 Å². The third-order valence-electron chi connectivity index (χ3n) is 6.75. The van der Waals surface area contributed by atoms with Gasteiger partial charge in [0.1, 0.15) is 0 Å². The van der Waals surface area contributed by atoms with Crippen molar-refractivity contribution in [1.29, 1.82) is 0 Å². The highest BCUT2D eigenvalue weighted by atomic mass is 19.3. The van der Waals surface area contributed by atoms with E-state index in [0.29, 0.717) is 32.3 Å². The molecule has 32 heavy (non-hydrogen) atoms. The maximum atomic E-state index is 12.8. The average Bonchev–Trinajstić information content (AvgIpc) is 3.31. The second kappa shape index (κ2) is 11.3. The van der Waals surface area contributed by atoms with Crippen molar-refractivity contribution in [2.45, 2.75) is 63.8 Å². The van der Waals surface area contributed by atoms with Crippen LogP contribution in [0.3, 0.4) is 0 Å². The molecule has 1 saturated heterocycles. The Morgan fingerprint density at radius 2 is 2.19 bits per heavy atom. The first-order chi connectivity index (χ1) is 15.4. The normalized spacial score (nSPS) is 32.6. The molecule has 2 aliphatic carbocycles. The van der Waals surface area contributed by atoms with Crippen LogP contribution in [-0.4, -0.2) is 56.0 Å². The SMILES string of the molecule is COC(=O)CCC=CC1=C[C@@H]2C[C@@H](OC3CCCCO3)[C@@](/C=C/C(=O)C(F)F)(CO)[C@H]2C1. The molecular formula is C24H32F2O6. The number of alkyl halides is 2. The zero-order valence-corrected chi connectivity index (χ0v) is 18.4. The quantitative estimate of drug-likeness (QED) is 0.400. The third-order valence-corrected chi connectivity index (χ3v) is 6.75. The van der Waals surface area contributed by atoms with Crippen molar-refractivity contribution in [2.75, 3.05) is 20.3 Å². The van der Waals surface area contributed by atoms with E-state index in [2.05, 4.69) is 10.8 Å². The van der Waals surface area contributed by atoms with Gasteiger partial charge in [-0.2, -0.15) is 0 Å². The molecule has 1 heterocycles. The predicted octanol–water partition coefficient (Wildman–Crippen LogP) is 3.74. The van der Waals surface area contributed by atoms with Crippen molar-refractivity contribution in [1.82, 2.24) is 0 Å². The van der Waals surface area contributed by atoms with E-state index in [9.17, 15) is 23.5 Å². The molecule has 5 atom stereocenters. The van der Waals surface area contributed by atoms with Crippen LogP contribution in [0.25, 0.3) is 0 Å². The fraction of sp³-hybridized carbons (Fsp3) is 0.667. The lowest BCUT2D eigenvalue weighted by molar-refractivity contribution is -0.207. The summed E-state index contributed by atoms with van der Waals surface area (Å²) in [6, 6.07) is 0. The molecule has 6 nitrogen and oxygen atoms in total. The zero-order valence-electron chi connectivity index (χ0n) is 18.4. The standard InChI is InChI=1S/C24H32F2O6/c1-30-21(29)7-3-2-6-16-12-17-14-20(32-22-8-4-5-11-31-22)24(15-27,18(17)13-16)10-9-19(28)23(25)26/h2,6,9-10,12,17-18,20,22-23,27H,3-5,7-8,11,13-15H2,1H3/b6-2?,10-9+/t17-,18+,20-,22?,24+/m1/s1. The van der Waals surface area contributed by atoms with Gasteiger partial charge in [0.25, 0.3) is 6.43 Å². The van der Waals surface area contributed by atoms with E-state index in [-0.39, 0.29) is 30.7 Å². The molecule has 3 aliphatic rings. The van der Waals surface area contributed by atoms with E-state index in [4.69, 9.17) is 9.47 Å². The number of ketones is 1. The Hall–Kier alpha value is -1.90. The number of allylic oxidation sites excluding steroid dienone is 5. The number of aliphatic hydroxyl groups is 1. The summed E-state index contributed by atoms with van der Waals surface area (Å²) in [5.41, 5.74) is 0.109. The number of methoxy groups -OCH3 is 1. The Morgan fingerprint density at radius 3 is 2.84 bits per heavy atom. The van der Waals surface area contributed by atoms with Crippen molar-refractivity contribution >= 4 is 11.8 Å². The van der Waals surface area contributed by atoms with Gasteiger partial charge in [0.2, 0.25) is 5.78 Å². The lowest BCUT2D eigenvalue weighted by atomic mass is 9.74. The lowest BCUT2D eigenvalue weighted by Crippen LogP contribution is -2.42. The zero-order chi connectivity index (χ0) is 23.1. The van der Waals surface area contributed by atoms with Crippen LogP contribution in [0, 0.1) is 17.3 Å². The van der Waals surface area contributed by atoms with Gasteiger partial charge in [-0.25, -0.2) is 8.78 Å². The van der Waals surface area contributed by atoms with Gasteiger partial charge in [0.15, 0.2) is 6.29 Å². The summed E-state index contributed by atoms with van der Waals surface area (Å²) in [6.45, 7) is 0.294. The minimum absolute atomic E-state index is 0.0805. The smallest absolute Gasteiger partial charge is 0.305 e. The maximum absolute atomic E-state index is 12.8. The highest BCUT2D eigenvalue weighted by molar-refractivity contribution is 5.92. The molecule has 8 heteroatoms. The molecule has 0 aromatic carbocycles. The summed E-state index contributed by atoms with van der Waals surface area (Å²) in [6.07, 6.45) is 9.19. The van der Waals surface area contributed by atoms with E-state index >= 15 is 0 Å². The second-order valence-electron chi connectivity index (χ2n) is 8.70. The molecule has 1 saturated carbocycles. The highest BCUT2D eigenvalue weighted by Gasteiger charge is 2.55.